The highest BCUT2D eigenvalue weighted by atomic mass is 32.2. The zero-order chi connectivity index (χ0) is 19.7. The molecule has 1 aliphatic rings. The largest absolute Gasteiger partial charge is 0.417 e. The summed E-state index contributed by atoms with van der Waals surface area (Å²) in [6.45, 7) is 1.52. The fourth-order valence-corrected chi connectivity index (χ4v) is 4.03. The molecule has 1 fully saturated rings. The average molecular weight is 399 g/mol. The van der Waals surface area contributed by atoms with E-state index >= 15 is 0 Å². The fourth-order valence-electron chi connectivity index (χ4n) is 3.29. The molecule has 0 aromatic heterocycles. The summed E-state index contributed by atoms with van der Waals surface area (Å²) in [6, 6.07) is 12.8. The highest BCUT2D eigenvalue weighted by molar-refractivity contribution is 7.89. The number of nitrogens with zero attached hydrogens (tertiary/aromatic N) is 1. The van der Waals surface area contributed by atoms with E-state index in [-0.39, 0.29) is 11.7 Å². The van der Waals surface area contributed by atoms with Crippen molar-refractivity contribution in [2.45, 2.75) is 30.0 Å². The van der Waals surface area contributed by atoms with E-state index in [1.165, 1.54) is 6.07 Å². The lowest BCUT2D eigenvalue weighted by Gasteiger charge is -2.35. The van der Waals surface area contributed by atoms with Gasteiger partial charge in [0, 0.05) is 30.5 Å². The Morgan fingerprint density at radius 3 is 2.44 bits per heavy atom. The minimum atomic E-state index is -4.82. The highest BCUT2D eigenvalue weighted by Crippen LogP contribution is 2.36. The van der Waals surface area contributed by atoms with E-state index in [1.54, 1.807) is 0 Å². The summed E-state index contributed by atoms with van der Waals surface area (Å²) in [5.41, 5.74) is 0.0184. The molecule has 1 unspecified atom stereocenters. The summed E-state index contributed by atoms with van der Waals surface area (Å²) < 4.78 is 62.7. The van der Waals surface area contributed by atoms with Crippen molar-refractivity contribution in [1.29, 1.82) is 0 Å². The number of hydrogen-bond donors (Lipinski definition) is 2. The molecule has 3 N–H and O–H groups in total. The molecule has 146 valence electrons. The molecule has 1 aliphatic heterocycles. The van der Waals surface area contributed by atoms with E-state index in [9.17, 15) is 21.6 Å². The van der Waals surface area contributed by atoms with Crippen molar-refractivity contribution < 1.29 is 21.6 Å². The highest BCUT2D eigenvalue weighted by Gasteiger charge is 2.36. The van der Waals surface area contributed by atoms with E-state index < -0.39 is 26.7 Å². The molecule has 0 aliphatic carbocycles. The maximum Gasteiger partial charge on any atom is 0.417 e. The van der Waals surface area contributed by atoms with Crippen LogP contribution in [-0.2, 0) is 16.2 Å². The zero-order valence-electron chi connectivity index (χ0n) is 14.4. The monoisotopic (exact) mass is 399 g/mol. The lowest BCUT2D eigenvalue weighted by molar-refractivity contribution is -0.139. The standard InChI is InChI=1S/C18H20F3N3O2S/c19-18(20,21)16-11-13(8-9-17(16)27(22,25)26)23-14-5-4-10-24(12-14)15-6-2-1-3-7-15/h1-3,6-9,11,14,23H,4-5,10,12H2,(H2,22,25,26). The second-order valence-electron chi connectivity index (χ2n) is 6.52. The number of hydrogen-bond acceptors (Lipinski definition) is 4. The van der Waals surface area contributed by atoms with Gasteiger partial charge in [-0.15, -0.1) is 0 Å². The smallest absolute Gasteiger partial charge is 0.381 e. The molecule has 1 atom stereocenters. The number of nitrogens with one attached hydrogen (secondary N) is 1. The van der Waals surface area contributed by atoms with Crippen LogP contribution in [0, 0.1) is 0 Å². The minimum absolute atomic E-state index is 0.0552. The van der Waals surface area contributed by atoms with Gasteiger partial charge in [-0.25, -0.2) is 13.6 Å². The molecule has 0 radical (unpaired) electrons. The van der Waals surface area contributed by atoms with Crippen LogP contribution in [0.2, 0.25) is 0 Å². The van der Waals surface area contributed by atoms with Crippen molar-refractivity contribution in [2.75, 3.05) is 23.3 Å². The van der Waals surface area contributed by atoms with Crippen molar-refractivity contribution in [1.82, 2.24) is 0 Å². The molecule has 2 aromatic carbocycles. The molecule has 0 bridgehead atoms. The van der Waals surface area contributed by atoms with Gasteiger partial charge >= 0.3 is 6.18 Å². The SMILES string of the molecule is NS(=O)(=O)c1ccc(NC2CCCN(c3ccccc3)C2)cc1C(F)(F)F. The van der Waals surface area contributed by atoms with Crippen LogP contribution < -0.4 is 15.4 Å². The third-order valence-electron chi connectivity index (χ3n) is 4.51. The molecule has 1 heterocycles. The van der Waals surface area contributed by atoms with Gasteiger partial charge < -0.3 is 10.2 Å². The van der Waals surface area contributed by atoms with Gasteiger partial charge in [-0.2, -0.15) is 13.2 Å². The molecule has 0 saturated carbocycles. The Balaban J connectivity index is 1.81. The topological polar surface area (TPSA) is 75.4 Å². The first-order valence-electron chi connectivity index (χ1n) is 8.45. The molecule has 9 heteroatoms. The van der Waals surface area contributed by atoms with Crippen molar-refractivity contribution >= 4 is 21.4 Å². The fraction of sp³-hybridized carbons (Fsp3) is 0.333. The number of primary sulfonamides is 1. The van der Waals surface area contributed by atoms with Crippen LogP contribution >= 0.6 is 0 Å². The number of sulfonamides is 1. The van der Waals surface area contributed by atoms with Gasteiger partial charge in [0.15, 0.2) is 0 Å². The zero-order valence-corrected chi connectivity index (χ0v) is 15.2. The van der Waals surface area contributed by atoms with Gasteiger partial charge in [0.2, 0.25) is 10.0 Å². The Hall–Kier alpha value is -2.26. The van der Waals surface area contributed by atoms with Crippen LogP contribution in [0.15, 0.2) is 53.4 Å². The number of nitrogens with two attached hydrogens (primary N) is 1. The third-order valence-corrected chi connectivity index (χ3v) is 5.47. The van der Waals surface area contributed by atoms with Crippen molar-refractivity contribution in [3.63, 3.8) is 0 Å². The van der Waals surface area contributed by atoms with E-state index in [4.69, 9.17) is 5.14 Å². The first-order chi connectivity index (χ1) is 12.6. The predicted molar refractivity (Wildman–Crippen MR) is 98.1 cm³/mol. The maximum absolute atomic E-state index is 13.3. The number of para-hydroxylation sites is 1. The van der Waals surface area contributed by atoms with Crippen molar-refractivity contribution in [3.8, 4) is 0 Å². The average Bonchev–Trinajstić information content (AvgIpc) is 2.61. The second-order valence-corrected chi connectivity index (χ2v) is 8.05. The van der Waals surface area contributed by atoms with Gasteiger partial charge in [0.05, 0.1) is 10.5 Å². The summed E-state index contributed by atoms with van der Waals surface area (Å²) in [4.78, 5) is 1.25. The molecule has 27 heavy (non-hydrogen) atoms. The van der Waals surface area contributed by atoms with Crippen LogP contribution in [0.3, 0.4) is 0 Å². The van der Waals surface area contributed by atoms with Gasteiger partial charge in [-0.1, -0.05) is 18.2 Å². The minimum Gasteiger partial charge on any atom is -0.381 e. The summed E-state index contributed by atoms with van der Waals surface area (Å²) in [6.07, 6.45) is -3.11. The lowest BCUT2D eigenvalue weighted by Crippen LogP contribution is -2.42. The number of halogens is 3. The van der Waals surface area contributed by atoms with Crippen LogP contribution in [0.4, 0.5) is 24.5 Å². The Bertz CT molecular complexity index is 902. The maximum atomic E-state index is 13.3. The number of piperidine rings is 1. The van der Waals surface area contributed by atoms with Crippen molar-refractivity contribution in [2.24, 2.45) is 5.14 Å². The number of rotatable bonds is 4. The van der Waals surface area contributed by atoms with Crippen LogP contribution in [-0.4, -0.2) is 27.5 Å². The summed E-state index contributed by atoms with van der Waals surface area (Å²) >= 11 is 0. The van der Waals surface area contributed by atoms with E-state index in [1.807, 2.05) is 30.3 Å². The summed E-state index contributed by atoms with van der Waals surface area (Å²) in [5.74, 6) is 0. The first kappa shape index (κ1) is 19.5. The van der Waals surface area contributed by atoms with Gasteiger partial charge in [0.25, 0.3) is 0 Å². The predicted octanol–water partition coefficient (Wildman–Crippen LogP) is 3.43. The van der Waals surface area contributed by atoms with E-state index in [2.05, 4.69) is 10.2 Å². The molecule has 3 rings (SSSR count). The molecule has 2 aromatic rings. The Labute approximate surface area is 156 Å². The van der Waals surface area contributed by atoms with Gasteiger partial charge in [-0.05, 0) is 43.2 Å². The molecule has 0 amide bonds. The Morgan fingerprint density at radius 2 is 1.81 bits per heavy atom. The second kappa shape index (κ2) is 7.40. The first-order valence-corrected chi connectivity index (χ1v) is 10.00. The van der Waals surface area contributed by atoms with Crippen molar-refractivity contribution in [3.05, 3.63) is 54.1 Å². The van der Waals surface area contributed by atoms with Crippen LogP contribution in [0.25, 0.3) is 0 Å². The number of benzene rings is 2. The molecular formula is C18H20F3N3O2S. The van der Waals surface area contributed by atoms with Gasteiger partial charge in [0.1, 0.15) is 0 Å². The van der Waals surface area contributed by atoms with E-state index in [0.717, 1.165) is 37.2 Å². The molecule has 0 spiro atoms. The third kappa shape index (κ3) is 4.72. The molecule has 1 saturated heterocycles. The van der Waals surface area contributed by atoms with Crippen LogP contribution in [0.5, 0.6) is 0 Å². The Kier molecular flexibility index (Phi) is 5.34. The molecule has 5 nitrogen and oxygen atoms in total. The number of alkyl halides is 3. The van der Waals surface area contributed by atoms with E-state index in [0.29, 0.717) is 6.54 Å². The molecular weight excluding hydrogens is 379 g/mol. The van der Waals surface area contributed by atoms with Gasteiger partial charge in [-0.3, -0.25) is 0 Å². The normalized spacial score (nSPS) is 18.4. The number of anilines is 2. The van der Waals surface area contributed by atoms with Crippen LogP contribution in [0.1, 0.15) is 18.4 Å². The Morgan fingerprint density at radius 1 is 1.11 bits per heavy atom. The summed E-state index contributed by atoms with van der Waals surface area (Å²) in [5, 5.41) is 8.01. The lowest BCUT2D eigenvalue weighted by atomic mass is 10.0. The summed E-state index contributed by atoms with van der Waals surface area (Å²) in [7, 11) is -4.47. The quantitative estimate of drug-likeness (QED) is 0.826.